The summed E-state index contributed by atoms with van der Waals surface area (Å²) < 4.78 is 1.93. The van der Waals surface area contributed by atoms with Gasteiger partial charge in [-0.05, 0) is 74.4 Å². The molecule has 1 fully saturated rings. The van der Waals surface area contributed by atoms with Crippen LogP contribution in [0, 0.1) is 20.8 Å². The molecule has 2 aromatic carbocycles. The van der Waals surface area contributed by atoms with Crippen LogP contribution in [0.5, 0.6) is 0 Å². The van der Waals surface area contributed by atoms with Gasteiger partial charge in [0.1, 0.15) is 5.57 Å². The van der Waals surface area contributed by atoms with E-state index in [-0.39, 0.29) is 11.1 Å². The van der Waals surface area contributed by atoms with Gasteiger partial charge in [-0.3, -0.25) is 14.9 Å². The lowest BCUT2D eigenvalue weighted by Crippen LogP contribution is -2.54. The number of carbonyl (C=O) groups excluding carboxylic acids is 3. The Morgan fingerprint density at radius 2 is 1.67 bits per heavy atom. The molecule has 0 saturated carbocycles. The van der Waals surface area contributed by atoms with Gasteiger partial charge in [0.15, 0.2) is 0 Å². The number of nitrogens with one attached hydrogen (secondary N) is 1. The molecule has 166 valence electrons. The Hall–Kier alpha value is -4.46. The summed E-state index contributed by atoms with van der Waals surface area (Å²) in [6.07, 6.45) is 1.47. The minimum Gasteiger partial charge on any atom is -0.478 e. The average Bonchev–Trinajstić information content (AvgIpc) is 3.04. The normalized spacial score (nSPS) is 15.2. The van der Waals surface area contributed by atoms with Crippen LogP contribution in [-0.4, -0.2) is 33.5 Å². The number of amides is 4. The molecule has 0 atom stereocenters. The van der Waals surface area contributed by atoms with E-state index in [0.29, 0.717) is 11.3 Å². The molecular weight excluding hydrogens is 422 g/mol. The molecule has 1 aromatic heterocycles. The summed E-state index contributed by atoms with van der Waals surface area (Å²) in [5.74, 6) is -2.47. The highest BCUT2D eigenvalue weighted by atomic mass is 16.4. The summed E-state index contributed by atoms with van der Waals surface area (Å²) in [5.41, 5.74) is 4.18. The Morgan fingerprint density at radius 3 is 2.30 bits per heavy atom. The SMILES string of the molecule is Cc1cc(C(=O)O)ccc1-n1c(C)cc(/C=C2\C(=O)NC(=O)N(c3ccccc3)C2=O)c1C. The van der Waals surface area contributed by atoms with Gasteiger partial charge in [0.05, 0.1) is 11.3 Å². The quantitative estimate of drug-likeness (QED) is 0.471. The first-order valence-electron chi connectivity index (χ1n) is 10.2. The number of benzene rings is 2. The second-order valence-electron chi connectivity index (χ2n) is 7.76. The molecule has 4 amide bonds. The predicted molar refractivity (Wildman–Crippen MR) is 122 cm³/mol. The molecule has 3 aromatic rings. The molecule has 0 radical (unpaired) electrons. The molecule has 0 bridgehead atoms. The minimum absolute atomic E-state index is 0.156. The largest absolute Gasteiger partial charge is 0.478 e. The number of aromatic nitrogens is 1. The summed E-state index contributed by atoms with van der Waals surface area (Å²) in [6, 6.07) is 14.3. The first-order chi connectivity index (χ1) is 15.7. The number of anilines is 1. The molecule has 0 aliphatic carbocycles. The molecule has 2 heterocycles. The number of carboxylic acids is 1. The number of nitrogens with zero attached hydrogens (tertiary/aromatic N) is 2. The Labute approximate surface area is 189 Å². The van der Waals surface area contributed by atoms with Crippen LogP contribution in [0.1, 0.15) is 32.9 Å². The van der Waals surface area contributed by atoms with Crippen molar-refractivity contribution in [3.05, 3.63) is 88.2 Å². The van der Waals surface area contributed by atoms with E-state index in [0.717, 1.165) is 27.5 Å². The zero-order valence-corrected chi connectivity index (χ0v) is 18.2. The molecule has 33 heavy (non-hydrogen) atoms. The predicted octanol–water partition coefficient (Wildman–Crippen LogP) is 3.77. The third-order valence-electron chi connectivity index (χ3n) is 5.57. The first kappa shape index (κ1) is 21.8. The number of hydrogen-bond donors (Lipinski definition) is 2. The molecule has 4 rings (SSSR count). The Morgan fingerprint density at radius 1 is 0.970 bits per heavy atom. The standard InChI is InChI=1S/C25H21N3O5/c1-14-11-17(24(31)32)9-10-21(14)27-15(2)12-18(16(27)3)13-20-22(29)26-25(33)28(23(20)30)19-7-5-4-6-8-19/h4-13H,1-3H3,(H,31,32)(H,26,29,33)/b20-13+. The number of para-hydroxylation sites is 1. The monoisotopic (exact) mass is 443 g/mol. The van der Waals surface area contributed by atoms with E-state index in [1.54, 1.807) is 42.5 Å². The molecule has 1 saturated heterocycles. The second kappa shape index (κ2) is 8.23. The van der Waals surface area contributed by atoms with E-state index < -0.39 is 23.8 Å². The van der Waals surface area contributed by atoms with Crippen LogP contribution in [0.4, 0.5) is 10.5 Å². The molecule has 8 nitrogen and oxygen atoms in total. The number of carboxylic acid groups (broad SMARTS) is 1. The van der Waals surface area contributed by atoms with Crippen molar-refractivity contribution in [2.75, 3.05) is 4.90 Å². The summed E-state index contributed by atoms with van der Waals surface area (Å²) in [5, 5.41) is 11.4. The third kappa shape index (κ3) is 3.82. The summed E-state index contributed by atoms with van der Waals surface area (Å²) in [6.45, 7) is 5.54. The molecule has 1 aliphatic heterocycles. The maximum Gasteiger partial charge on any atom is 0.335 e. The smallest absolute Gasteiger partial charge is 0.335 e. The highest BCUT2D eigenvalue weighted by molar-refractivity contribution is 6.39. The Bertz CT molecular complexity index is 1350. The number of imide groups is 2. The van der Waals surface area contributed by atoms with Crippen molar-refractivity contribution in [1.29, 1.82) is 0 Å². The van der Waals surface area contributed by atoms with E-state index in [9.17, 15) is 24.3 Å². The van der Waals surface area contributed by atoms with Crippen LogP contribution in [-0.2, 0) is 9.59 Å². The van der Waals surface area contributed by atoms with Crippen LogP contribution >= 0.6 is 0 Å². The first-order valence-corrected chi connectivity index (χ1v) is 10.2. The van der Waals surface area contributed by atoms with Crippen molar-refractivity contribution in [3.63, 3.8) is 0 Å². The number of rotatable bonds is 4. The van der Waals surface area contributed by atoms with Crippen molar-refractivity contribution >= 4 is 35.6 Å². The lowest BCUT2D eigenvalue weighted by molar-refractivity contribution is -0.122. The zero-order valence-electron chi connectivity index (χ0n) is 18.2. The van der Waals surface area contributed by atoms with Gasteiger partial charge in [-0.1, -0.05) is 18.2 Å². The molecule has 8 heteroatoms. The van der Waals surface area contributed by atoms with Gasteiger partial charge in [0.2, 0.25) is 0 Å². The molecule has 0 spiro atoms. The Balaban J connectivity index is 1.77. The molecular formula is C25H21N3O5. The molecule has 2 N–H and O–H groups in total. The van der Waals surface area contributed by atoms with Crippen molar-refractivity contribution in [3.8, 4) is 5.69 Å². The van der Waals surface area contributed by atoms with Gasteiger partial charge < -0.3 is 9.67 Å². The van der Waals surface area contributed by atoms with Crippen LogP contribution in [0.2, 0.25) is 0 Å². The van der Waals surface area contributed by atoms with E-state index in [1.807, 2.05) is 31.4 Å². The van der Waals surface area contributed by atoms with Gasteiger partial charge in [-0.15, -0.1) is 0 Å². The van der Waals surface area contributed by atoms with Crippen LogP contribution < -0.4 is 10.2 Å². The second-order valence-corrected chi connectivity index (χ2v) is 7.76. The van der Waals surface area contributed by atoms with E-state index in [4.69, 9.17) is 0 Å². The Kier molecular flexibility index (Phi) is 5.43. The van der Waals surface area contributed by atoms with Crippen molar-refractivity contribution in [2.24, 2.45) is 0 Å². The highest BCUT2D eigenvalue weighted by Crippen LogP contribution is 2.27. The highest BCUT2D eigenvalue weighted by Gasteiger charge is 2.37. The number of hydrogen-bond acceptors (Lipinski definition) is 4. The number of aromatic carboxylic acids is 1. The van der Waals surface area contributed by atoms with Gasteiger partial charge >= 0.3 is 12.0 Å². The van der Waals surface area contributed by atoms with E-state index in [2.05, 4.69) is 5.32 Å². The van der Waals surface area contributed by atoms with E-state index >= 15 is 0 Å². The third-order valence-corrected chi connectivity index (χ3v) is 5.57. The summed E-state index contributed by atoms with van der Waals surface area (Å²) in [7, 11) is 0. The number of urea groups is 1. The van der Waals surface area contributed by atoms with Crippen molar-refractivity contribution < 1.29 is 24.3 Å². The maximum atomic E-state index is 13.1. The molecule has 1 aliphatic rings. The van der Waals surface area contributed by atoms with Gasteiger partial charge in [-0.25, -0.2) is 14.5 Å². The fourth-order valence-electron chi connectivity index (χ4n) is 3.97. The van der Waals surface area contributed by atoms with Crippen molar-refractivity contribution in [1.82, 2.24) is 9.88 Å². The van der Waals surface area contributed by atoms with Gasteiger partial charge in [-0.2, -0.15) is 0 Å². The van der Waals surface area contributed by atoms with Gasteiger partial charge in [0, 0.05) is 17.1 Å². The fraction of sp³-hybridized carbons (Fsp3) is 0.120. The van der Waals surface area contributed by atoms with Crippen molar-refractivity contribution in [2.45, 2.75) is 20.8 Å². The maximum absolute atomic E-state index is 13.1. The average molecular weight is 443 g/mol. The zero-order chi connectivity index (χ0) is 23.9. The summed E-state index contributed by atoms with van der Waals surface area (Å²) in [4.78, 5) is 50.1. The minimum atomic E-state index is -1.00. The number of barbiturate groups is 1. The fourth-order valence-corrected chi connectivity index (χ4v) is 3.97. The number of carbonyl (C=O) groups is 4. The van der Waals surface area contributed by atoms with Crippen LogP contribution in [0.15, 0.2) is 60.2 Å². The number of aryl methyl sites for hydroxylation is 2. The van der Waals surface area contributed by atoms with E-state index in [1.165, 1.54) is 12.1 Å². The van der Waals surface area contributed by atoms with Crippen LogP contribution in [0.25, 0.3) is 11.8 Å². The topological polar surface area (TPSA) is 109 Å². The van der Waals surface area contributed by atoms with Gasteiger partial charge in [0.25, 0.3) is 11.8 Å². The lowest BCUT2D eigenvalue weighted by Gasteiger charge is -2.26. The molecule has 0 unspecified atom stereocenters. The lowest BCUT2D eigenvalue weighted by atomic mass is 10.1. The van der Waals surface area contributed by atoms with Crippen LogP contribution in [0.3, 0.4) is 0 Å². The summed E-state index contributed by atoms with van der Waals surface area (Å²) >= 11 is 0.